The maximum absolute atomic E-state index is 12.9. The molecule has 3 atom stereocenters. The number of rotatable bonds is 4. The van der Waals surface area contributed by atoms with Crippen molar-refractivity contribution in [3.63, 3.8) is 0 Å². The summed E-state index contributed by atoms with van der Waals surface area (Å²) in [5, 5.41) is 2.35. The third kappa shape index (κ3) is 3.44. The van der Waals surface area contributed by atoms with E-state index in [1.54, 1.807) is 4.90 Å². The third-order valence-corrected chi connectivity index (χ3v) is 6.45. The van der Waals surface area contributed by atoms with E-state index in [2.05, 4.69) is 23.3 Å². The second kappa shape index (κ2) is 7.64. The van der Waals surface area contributed by atoms with Gasteiger partial charge in [-0.05, 0) is 43.5 Å². The predicted octanol–water partition coefficient (Wildman–Crippen LogP) is 1.15. The van der Waals surface area contributed by atoms with Crippen LogP contribution in [0.2, 0.25) is 0 Å². The zero-order valence-electron chi connectivity index (χ0n) is 16.3. The number of likely N-dealkylation sites (N-methyl/N-ethyl adjacent to an activating group) is 1. The molecule has 7 nitrogen and oxygen atoms in total. The predicted molar refractivity (Wildman–Crippen MR) is 104 cm³/mol. The quantitative estimate of drug-likeness (QED) is 0.759. The van der Waals surface area contributed by atoms with Crippen LogP contribution in [0.3, 0.4) is 0 Å². The van der Waals surface area contributed by atoms with Gasteiger partial charge in [0.25, 0.3) is 5.91 Å². The molecule has 3 N–H and O–H groups in total. The van der Waals surface area contributed by atoms with Gasteiger partial charge in [-0.2, -0.15) is 0 Å². The fraction of sp³-hybridized carbons (Fsp3) is 0.571. The van der Waals surface area contributed by atoms with Crippen LogP contribution in [0.15, 0.2) is 18.2 Å². The Morgan fingerprint density at radius 1 is 1.18 bits per heavy atom. The minimum atomic E-state index is -0.574. The van der Waals surface area contributed by atoms with Gasteiger partial charge in [0, 0.05) is 37.2 Å². The molecule has 1 aromatic rings. The van der Waals surface area contributed by atoms with Crippen LogP contribution in [0.1, 0.15) is 60.0 Å². The number of nitrogens with one attached hydrogen (secondary N) is 1. The number of piperidine rings is 1. The Bertz CT molecular complexity index is 809. The summed E-state index contributed by atoms with van der Waals surface area (Å²) >= 11 is 0. The number of benzene rings is 1. The van der Waals surface area contributed by atoms with Crippen LogP contribution in [-0.2, 0) is 22.7 Å². The highest BCUT2D eigenvalue weighted by atomic mass is 16.2. The second-order valence-corrected chi connectivity index (χ2v) is 8.27. The number of carbonyl (C=O) groups is 3. The van der Waals surface area contributed by atoms with E-state index in [9.17, 15) is 14.4 Å². The number of hydrogen-bond donors (Lipinski definition) is 2. The lowest BCUT2D eigenvalue weighted by molar-refractivity contribution is -0.136. The molecule has 1 aliphatic carbocycles. The van der Waals surface area contributed by atoms with Crippen LogP contribution in [0.25, 0.3) is 0 Å². The average Bonchev–Trinajstić information content (AvgIpc) is 3.00. The Morgan fingerprint density at radius 3 is 2.71 bits per heavy atom. The van der Waals surface area contributed by atoms with Crippen LogP contribution in [0.4, 0.5) is 0 Å². The maximum atomic E-state index is 12.9. The van der Waals surface area contributed by atoms with E-state index < -0.39 is 6.04 Å². The summed E-state index contributed by atoms with van der Waals surface area (Å²) in [5.74, 6) is -0.760. The van der Waals surface area contributed by atoms with Crippen molar-refractivity contribution in [2.75, 3.05) is 7.05 Å². The molecule has 0 spiro atoms. The van der Waals surface area contributed by atoms with Crippen LogP contribution in [0.5, 0.6) is 0 Å². The normalized spacial score (nSPS) is 27.9. The highest BCUT2D eigenvalue weighted by Gasteiger charge is 2.40. The van der Waals surface area contributed by atoms with Crippen molar-refractivity contribution in [1.82, 2.24) is 15.1 Å². The molecule has 7 heteroatoms. The van der Waals surface area contributed by atoms with Crippen molar-refractivity contribution in [1.29, 1.82) is 0 Å². The van der Waals surface area contributed by atoms with Crippen LogP contribution < -0.4 is 11.1 Å². The minimum Gasteiger partial charge on any atom is -0.326 e. The van der Waals surface area contributed by atoms with Gasteiger partial charge in [-0.3, -0.25) is 24.6 Å². The van der Waals surface area contributed by atoms with Gasteiger partial charge >= 0.3 is 0 Å². The molecule has 0 radical (unpaired) electrons. The largest absolute Gasteiger partial charge is 0.326 e. The molecule has 1 unspecified atom stereocenters. The lowest BCUT2D eigenvalue weighted by Crippen LogP contribution is -2.52. The number of nitrogens with two attached hydrogens (primary N) is 1. The molecule has 2 aliphatic heterocycles. The SMILES string of the molecule is CN(Cc1cccc2c1CN(C1CCC(=O)NC1=O)C2=O)[C@@H]1CCCC[C@@H]1N. The van der Waals surface area contributed by atoms with Crippen molar-refractivity contribution < 1.29 is 14.4 Å². The van der Waals surface area contributed by atoms with Gasteiger partial charge < -0.3 is 10.6 Å². The molecule has 3 aliphatic rings. The van der Waals surface area contributed by atoms with Gasteiger partial charge in [0.2, 0.25) is 11.8 Å². The first-order chi connectivity index (χ1) is 13.5. The molecule has 1 aromatic carbocycles. The smallest absolute Gasteiger partial charge is 0.255 e. The van der Waals surface area contributed by atoms with E-state index in [4.69, 9.17) is 5.73 Å². The molecule has 0 aromatic heterocycles. The number of hydrogen-bond acceptors (Lipinski definition) is 5. The van der Waals surface area contributed by atoms with Crippen LogP contribution in [-0.4, -0.2) is 52.7 Å². The number of imide groups is 1. The van der Waals surface area contributed by atoms with Crippen molar-refractivity contribution >= 4 is 17.7 Å². The van der Waals surface area contributed by atoms with Gasteiger partial charge in [0.15, 0.2) is 0 Å². The van der Waals surface area contributed by atoms with Crippen LogP contribution in [0, 0.1) is 0 Å². The van der Waals surface area contributed by atoms with Gasteiger partial charge in [-0.1, -0.05) is 25.0 Å². The standard InChI is InChI=1S/C21H28N4O3/c1-24(17-8-3-2-7-16(17)22)11-13-5-4-6-14-15(13)12-25(21(14)28)18-9-10-19(26)23-20(18)27/h4-6,16-18H,2-3,7-12,22H2,1H3,(H,23,26,27)/t16-,17+,18?/m0/s1. The summed E-state index contributed by atoms with van der Waals surface area (Å²) in [5.41, 5.74) is 9.11. The molecule has 1 saturated carbocycles. The van der Waals surface area contributed by atoms with E-state index in [0.29, 0.717) is 24.6 Å². The van der Waals surface area contributed by atoms with Crippen LogP contribution >= 0.6 is 0 Å². The molecular formula is C21H28N4O3. The van der Waals surface area contributed by atoms with Crippen molar-refractivity contribution in [2.24, 2.45) is 5.73 Å². The first kappa shape index (κ1) is 19.1. The van der Waals surface area contributed by atoms with Crippen molar-refractivity contribution in [3.8, 4) is 0 Å². The molecule has 2 fully saturated rings. The lowest BCUT2D eigenvalue weighted by Gasteiger charge is -2.36. The zero-order valence-corrected chi connectivity index (χ0v) is 16.3. The monoisotopic (exact) mass is 384 g/mol. The summed E-state index contributed by atoms with van der Waals surface area (Å²) in [7, 11) is 2.10. The second-order valence-electron chi connectivity index (χ2n) is 8.27. The number of amides is 3. The molecule has 0 bridgehead atoms. The topological polar surface area (TPSA) is 95.7 Å². The first-order valence-corrected chi connectivity index (χ1v) is 10.2. The van der Waals surface area contributed by atoms with Gasteiger partial charge in [-0.15, -0.1) is 0 Å². The lowest BCUT2D eigenvalue weighted by atomic mass is 9.89. The maximum Gasteiger partial charge on any atom is 0.255 e. The molecule has 28 heavy (non-hydrogen) atoms. The zero-order chi connectivity index (χ0) is 19.8. The first-order valence-electron chi connectivity index (χ1n) is 10.2. The number of fused-ring (bicyclic) bond motifs is 1. The number of carbonyl (C=O) groups excluding carboxylic acids is 3. The molecule has 1 saturated heterocycles. The van der Waals surface area contributed by atoms with Gasteiger partial charge in [0.1, 0.15) is 6.04 Å². The fourth-order valence-corrected chi connectivity index (χ4v) is 4.87. The molecule has 150 valence electrons. The molecule has 2 heterocycles. The van der Waals surface area contributed by atoms with E-state index in [1.807, 2.05) is 12.1 Å². The van der Waals surface area contributed by atoms with E-state index >= 15 is 0 Å². The Hall–Kier alpha value is -2.25. The van der Waals surface area contributed by atoms with Gasteiger partial charge in [-0.25, -0.2) is 0 Å². The van der Waals surface area contributed by atoms with E-state index in [1.165, 1.54) is 12.8 Å². The van der Waals surface area contributed by atoms with E-state index in [-0.39, 0.29) is 30.2 Å². The molecular weight excluding hydrogens is 356 g/mol. The Balaban J connectivity index is 1.53. The Morgan fingerprint density at radius 2 is 1.96 bits per heavy atom. The van der Waals surface area contributed by atoms with E-state index in [0.717, 1.165) is 30.5 Å². The Labute approximate surface area is 165 Å². The summed E-state index contributed by atoms with van der Waals surface area (Å²) in [6.45, 7) is 1.15. The highest BCUT2D eigenvalue weighted by molar-refractivity contribution is 6.05. The summed E-state index contributed by atoms with van der Waals surface area (Å²) in [4.78, 5) is 40.5. The van der Waals surface area contributed by atoms with Crippen molar-refractivity contribution in [3.05, 3.63) is 34.9 Å². The summed E-state index contributed by atoms with van der Waals surface area (Å²) in [6.07, 6.45) is 5.22. The van der Waals surface area contributed by atoms with Gasteiger partial charge in [0.05, 0.1) is 0 Å². The third-order valence-electron chi connectivity index (χ3n) is 6.45. The number of nitrogens with zero attached hydrogens (tertiary/aromatic N) is 2. The Kier molecular flexibility index (Phi) is 5.21. The summed E-state index contributed by atoms with van der Waals surface area (Å²) < 4.78 is 0. The molecule has 4 rings (SSSR count). The fourth-order valence-electron chi connectivity index (χ4n) is 4.87. The highest BCUT2D eigenvalue weighted by Crippen LogP contribution is 2.31. The minimum absolute atomic E-state index is 0.122. The molecule has 3 amide bonds. The van der Waals surface area contributed by atoms with Crippen molar-refractivity contribution in [2.45, 2.75) is 69.7 Å². The summed E-state index contributed by atoms with van der Waals surface area (Å²) in [6, 6.07) is 5.78. The average molecular weight is 384 g/mol.